The number of carbonyl (C=O) groups excluding carboxylic acids is 1. The molecule has 1 fully saturated rings. The van der Waals surface area contributed by atoms with Gasteiger partial charge in [0.25, 0.3) is 0 Å². The zero-order valence-electron chi connectivity index (χ0n) is 14.1. The summed E-state index contributed by atoms with van der Waals surface area (Å²) >= 11 is 6.12. The van der Waals surface area contributed by atoms with Crippen molar-refractivity contribution in [1.82, 2.24) is 14.6 Å². The van der Waals surface area contributed by atoms with Crippen LogP contribution in [-0.4, -0.2) is 26.5 Å². The van der Waals surface area contributed by atoms with Gasteiger partial charge in [-0.05, 0) is 31.0 Å². The molecule has 0 spiro atoms. The molecule has 0 atom stereocenters. The van der Waals surface area contributed by atoms with Crippen molar-refractivity contribution in [2.75, 3.05) is 21.7 Å². The Morgan fingerprint density at radius 1 is 1.31 bits per heavy atom. The number of imidazole rings is 1. The second kappa shape index (κ2) is 6.38. The Morgan fingerprint density at radius 3 is 2.85 bits per heavy atom. The number of benzene rings is 1. The maximum absolute atomic E-state index is 11.3. The van der Waals surface area contributed by atoms with Crippen molar-refractivity contribution in [1.29, 1.82) is 0 Å². The summed E-state index contributed by atoms with van der Waals surface area (Å²) in [5, 5.41) is 14.3. The molecule has 1 aromatic carbocycles. The minimum atomic E-state index is -0.189. The molecule has 9 heteroatoms. The van der Waals surface area contributed by atoms with Crippen LogP contribution in [0.5, 0.6) is 0 Å². The SMILES string of the molecule is CC(=O)Nc1cc(Nc2cc(NC3CC3)c3ncc(N)n3n2)ccc1Cl. The molecule has 2 heterocycles. The normalized spacial score (nSPS) is 13.6. The van der Waals surface area contributed by atoms with Gasteiger partial charge >= 0.3 is 0 Å². The number of aromatic nitrogens is 3. The number of halogens is 1. The average Bonchev–Trinajstić information content (AvgIpc) is 3.32. The van der Waals surface area contributed by atoms with Crippen LogP contribution < -0.4 is 21.7 Å². The highest BCUT2D eigenvalue weighted by atomic mass is 35.5. The number of rotatable bonds is 5. The Morgan fingerprint density at radius 2 is 2.12 bits per heavy atom. The van der Waals surface area contributed by atoms with Crippen LogP contribution in [-0.2, 0) is 4.79 Å². The van der Waals surface area contributed by atoms with E-state index in [0.717, 1.165) is 24.2 Å². The van der Waals surface area contributed by atoms with Crippen molar-refractivity contribution in [3.63, 3.8) is 0 Å². The molecule has 8 nitrogen and oxygen atoms in total. The van der Waals surface area contributed by atoms with Crippen LogP contribution >= 0.6 is 11.6 Å². The van der Waals surface area contributed by atoms with Crippen LogP contribution in [0.4, 0.5) is 28.7 Å². The topological polar surface area (TPSA) is 109 Å². The van der Waals surface area contributed by atoms with E-state index < -0.39 is 0 Å². The lowest BCUT2D eigenvalue weighted by atomic mass is 10.2. The smallest absolute Gasteiger partial charge is 0.221 e. The largest absolute Gasteiger partial charge is 0.382 e. The zero-order valence-corrected chi connectivity index (χ0v) is 14.8. The summed E-state index contributed by atoms with van der Waals surface area (Å²) in [5.41, 5.74) is 8.80. The molecule has 2 aromatic heterocycles. The number of nitrogens with zero attached hydrogens (tertiary/aromatic N) is 3. The lowest BCUT2D eigenvalue weighted by molar-refractivity contribution is -0.114. The summed E-state index contributed by atoms with van der Waals surface area (Å²) < 4.78 is 1.59. The molecule has 1 saturated carbocycles. The zero-order chi connectivity index (χ0) is 18.3. The van der Waals surface area contributed by atoms with E-state index in [1.165, 1.54) is 6.92 Å². The van der Waals surface area contributed by atoms with Gasteiger partial charge in [0.05, 0.1) is 22.6 Å². The predicted molar refractivity (Wildman–Crippen MR) is 103 cm³/mol. The summed E-state index contributed by atoms with van der Waals surface area (Å²) in [4.78, 5) is 15.6. The van der Waals surface area contributed by atoms with E-state index in [-0.39, 0.29) is 5.91 Å². The monoisotopic (exact) mass is 371 g/mol. The summed E-state index contributed by atoms with van der Waals surface area (Å²) in [6.07, 6.45) is 3.87. The number of hydrogen-bond donors (Lipinski definition) is 4. The maximum atomic E-state index is 11.3. The van der Waals surface area contributed by atoms with Crippen molar-refractivity contribution in [3.8, 4) is 0 Å². The van der Waals surface area contributed by atoms with E-state index >= 15 is 0 Å². The Balaban J connectivity index is 1.68. The molecule has 3 aromatic rings. The van der Waals surface area contributed by atoms with Crippen molar-refractivity contribution in [2.45, 2.75) is 25.8 Å². The second-order valence-corrected chi connectivity index (χ2v) is 6.69. The number of carbonyl (C=O) groups is 1. The molecule has 26 heavy (non-hydrogen) atoms. The number of nitrogens with one attached hydrogen (secondary N) is 3. The number of nitrogen functional groups attached to an aromatic ring is 1. The number of anilines is 5. The first kappa shape index (κ1) is 16.5. The van der Waals surface area contributed by atoms with E-state index in [2.05, 4.69) is 26.0 Å². The first-order valence-corrected chi connectivity index (χ1v) is 8.62. The molecule has 4 rings (SSSR count). The number of fused-ring (bicyclic) bond motifs is 1. The van der Waals surface area contributed by atoms with Gasteiger partial charge in [0.2, 0.25) is 5.91 Å². The fraction of sp³-hybridized carbons (Fsp3) is 0.235. The van der Waals surface area contributed by atoms with E-state index in [4.69, 9.17) is 17.3 Å². The van der Waals surface area contributed by atoms with E-state index in [1.807, 2.05) is 12.1 Å². The molecule has 0 unspecified atom stereocenters. The van der Waals surface area contributed by atoms with Crippen molar-refractivity contribution >= 4 is 51.9 Å². The summed E-state index contributed by atoms with van der Waals surface area (Å²) in [6, 6.07) is 7.63. The fourth-order valence-electron chi connectivity index (χ4n) is 2.64. The Bertz CT molecular complexity index is 996. The minimum Gasteiger partial charge on any atom is -0.382 e. The first-order valence-electron chi connectivity index (χ1n) is 8.24. The van der Waals surface area contributed by atoms with Crippen molar-refractivity contribution in [2.24, 2.45) is 0 Å². The third-order valence-electron chi connectivity index (χ3n) is 3.98. The average molecular weight is 372 g/mol. The van der Waals surface area contributed by atoms with E-state index in [1.54, 1.807) is 22.8 Å². The van der Waals surface area contributed by atoms with Crippen LogP contribution in [0.1, 0.15) is 19.8 Å². The number of hydrogen-bond acceptors (Lipinski definition) is 6. The van der Waals surface area contributed by atoms with Gasteiger partial charge in [-0.1, -0.05) is 11.6 Å². The van der Waals surface area contributed by atoms with Crippen LogP contribution in [0.3, 0.4) is 0 Å². The van der Waals surface area contributed by atoms with Crippen molar-refractivity contribution in [3.05, 3.63) is 35.5 Å². The lowest BCUT2D eigenvalue weighted by Gasteiger charge is -2.12. The summed E-state index contributed by atoms with van der Waals surface area (Å²) in [6.45, 7) is 1.43. The van der Waals surface area contributed by atoms with Gasteiger partial charge in [-0.2, -0.15) is 4.52 Å². The Kier molecular flexibility index (Phi) is 4.04. The first-order chi connectivity index (χ1) is 12.5. The van der Waals surface area contributed by atoms with Crippen molar-refractivity contribution < 1.29 is 4.79 Å². The van der Waals surface area contributed by atoms with Gasteiger partial charge in [0, 0.05) is 24.7 Å². The van der Waals surface area contributed by atoms with Crippen LogP contribution in [0.2, 0.25) is 5.02 Å². The maximum Gasteiger partial charge on any atom is 0.221 e. The molecule has 0 radical (unpaired) electrons. The van der Waals surface area contributed by atoms with Gasteiger partial charge in [-0.3, -0.25) is 4.79 Å². The molecular weight excluding hydrogens is 354 g/mol. The fourth-order valence-corrected chi connectivity index (χ4v) is 2.80. The molecule has 134 valence electrons. The quantitative estimate of drug-likeness (QED) is 0.548. The molecule has 0 saturated heterocycles. The summed E-state index contributed by atoms with van der Waals surface area (Å²) in [7, 11) is 0. The Labute approximate surface area is 154 Å². The number of nitrogens with two attached hydrogens (primary N) is 1. The van der Waals surface area contributed by atoms with E-state index in [9.17, 15) is 4.79 Å². The predicted octanol–water partition coefficient (Wildman–Crippen LogP) is 3.24. The standard InChI is InChI=1S/C17H18ClN7O/c1-9(26)21-13-6-11(4-5-12(13)18)23-16-7-14(22-10-2-3-10)17-20-8-15(19)25(17)24-16/h4-8,10,22H,2-3,19H2,1H3,(H,21,26)(H,23,24). The molecule has 1 amide bonds. The molecule has 1 aliphatic rings. The Hall–Kier alpha value is -3.00. The van der Waals surface area contributed by atoms with Crippen LogP contribution in [0.25, 0.3) is 5.65 Å². The van der Waals surface area contributed by atoms with Gasteiger partial charge in [-0.25, -0.2) is 4.98 Å². The van der Waals surface area contributed by atoms with Gasteiger partial charge in [-0.15, -0.1) is 5.10 Å². The van der Waals surface area contributed by atoms with Gasteiger partial charge < -0.3 is 21.7 Å². The van der Waals surface area contributed by atoms with Gasteiger partial charge in [0.1, 0.15) is 5.82 Å². The lowest BCUT2D eigenvalue weighted by Crippen LogP contribution is -2.09. The highest BCUT2D eigenvalue weighted by Gasteiger charge is 2.23. The molecule has 0 aliphatic heterocycles. The van der Waals surface area contributed by atoms with Crippen LogP contribution in [0, 0.1) is 0 Å². The van der Waals surface area contributed by atoms with Crippen LogP contribution in [0.15, 0.2) is 30.5 Å². The highest BCUT2D eigenvalue weighted by molar-refractivity contribution is 6.33. The molecule has 0 bridgehead atoms. The third-order valence-corrected chi connectivity index (χ3v) is 4.31. The van der Waals surface area contributed by atoms with E-state index in [0.29, 0.717) is 34.0 Å². The van der Waals surface area contributed by atoms with Gasteiger partial charge in [0.15, 0.2) is 11.5 Å². The second-order valence-electron chi connectivity index (χ2n) is 6.28. The number of amides is 1. The summed E-state index contributed by atoms with van der Waals surface area (Å²) in [5.74, 6) is 0.865. The molecule has 1 aliphatic carbocycles. The molecular formula is C17H18ClN7O. The minimum absolute atomic E-state index is 0.189. The third kappa shape index (κ3) is 3.36. The molecule has 5 N–H and O–H groups in total. The highest BCUT2D eigenvalue weighted by Crippen LogP contribution is 2.31.